The predicted molar refractivity (Wildman–Crippen MR) is 97.4 cm³/mol. The molecule has 2 aromatic heterocycles. The lowest BCUT2D eigenvalue weighted by molar-refractivity contribution is -0.143. The Labute approximate surface area is 151 Å². The van der Waals surface area contributed by atoms with Gasteiger partial charge in [-0.3, -0.25) is 9.78 Å². The summed E-state index contributed by atoms with van der Waals surface area (Å²) in [7, 11) is 0. The number of rotatable bonds is 8. The summed E-state index contributed by atoms with van der Waals surface area (Å²) in [5.74, 6) is -1.54. The number of carboxylic acids is 1. The summed E-state index contributed by atoms with van der Waals surface area (Å²) in [4.78, 5) is 32.1. The number of amides is 1. The molecule has 134 valence electrons. The van der Waals surface area contributed by atoms with E-state index in [0.717, 1.165) is 29.1 Å². The van der Waals surface area contributed by atoms with E-state index in [9.17, 15) is 9.59 Å². The Kier molecular flexibility index (Phi) is 6.64. The standard InChI is InChI=1S/C18H23N3O3S/c1-4-5-13-8-12(6-7-19-13)17-20-14(10-25-17)9-15(22)21-16(11(2)3)18(23)24/h6-8,10-11,16H,4-5,9H2,1-3H3,(H,21,22)(H,23,24). The van der Waals surface area contributed by atoms with Crippen molar-refractivity contribution in [3.63, 3.8) is 0 Å². The van der Waals surface area contributed by atoms with Gasteiger partial charge in [0.05, 0.1) is 12.1 Å². The van der Waals surface area contributed by atoms with Crippen LogP contribution in [0.2, 0.25) is 0 Å². The Balaban J connectivity index is 2.05. The van der Waals surface area contributed by atoms with E-state index < -0.39 is 12.0 Å². The number of carbonyl (C=O) groups is 2. The van der Waals surface area contributed by atoms with Gasteiger partial charge in [0.2, 0.25) is 5.91 Å². The predicted octanol–water partition coefficient (Wildman–Crippen LogP) is 2.93. The minimum atomic E-state index is -1.03. The van der Waals surface area contributed by atoms with E-state index in [1.54, 1.807) is 20.0 Å². The average Bonchev–Trinajstić information content (AvgIpc) is 3.01. The van der Waals surface area contributed by atoms with Crippen molar-refractivity contribution in [2.24, 2.45) is 5.92 Å². The molecule has 1 atom stereocenters. The van der Waals surface area contributed by atoms with E-state index in [0.29, 0.717) is 5.69 Å². The van der Waals surface area contributed by atoms with Crippen LogP contribution in [0, 0.1) is 5.92 Å². The lowest BCUT2D eigenvalue weighted by atomic mass is 10.0. The molecular weight excluding hydrogens is 338 g/mol. The van der Waals surface area contributed by atoms with Gasteiger partial charge in [-0.25, -0.2) is 9.78 Å². The third-order valence-electron chi connectivity index (χ3n) is 3.71. The normalized spacial score (nSPS) is 12.2. The van der Waals surface area contributed by atoms with E-state index in [2.05, 4.69) is 22.2 Å². The zero-order valence-corrected chi connectivity index (χ0v) is 15.5. The van der Waals surface area contributed by atoms with Crippen molar-refractivity contribution in [1.82, 2.24) is 15.3 Å². The van der Waals surface area contributed by atoms with Crippen molar-refractivity contribution in [3.05, 3.63) is 35.1 Å². The molecule has 0 bridgehead atoms. The van der Waals surface area contributed by atoms with Crippen LogP contribution in [0.4, 0.5) is 0 Å². The Hall–Kier alpha value is -2.28. The molecule has 7 heteroatoms. The first kappa shape index (κ1) is 19.1. The van der Waals surface area contributed by atoms with Crippen molar-refractivity contribution in [3.8, 4) is 10.6 Å². The molecule has 0 fully saturated rings. The van der Waals surface area contributed by atoms with Gasteiger partial charge in [0, 0.05) is 22.8 Å². The zero-order valence-electron chi connectivity index (χ0n) is 14.7. The largest absolute Gasteiger partial charge is 0.480 e. The van der Waals surface area contributed by atoms with Crippen LogP contribution in [0.3, 0.4) is 0 Å². The Bertz CT molecular complexity index is 743. The number of thiazole rings is 1. The fraction of sp³-hybridized carbons (Fsp3) is 0.444. The van der Waals surface area contributed by atoms with Crippen molar-refractivity contribution >= 4 is 23.2 Å². The SMILES string of the molecule is CCCc1cc(-c2nc(CC(=O)NC(C(=O)O)C(C)C)cs2)ccn1. The van der Waals surface area contributed by atoms with Gasteiger partial charge in [-0.05, 0) is 24.5 Å². The number of carboxylic acid groups (broad SMARTS) is 1. The minimum absolute atomic E-state index is 0.0693. The quantitative estimate of drug-likeness (QED) is 0.754. The van der Waals surface area contributed by atoms with Crippen LogP contribution in [0.25, 0.3) is 10.6 Å². The smallest absolute Gasteiger partial charge is 0.326 e. The third kappa shape index (κ3) is 5.35. The first-order chi connectivity index (χ1) is 11.9. The molecule has 2 rings (SSSR count). The average molecular weight is 361 g/mol. The Morgan fingerprint density at radius 3 is 2.72 bits per heavy atom. The van der Waals surface area contributed by atoms with Gasteiger partial charge in [-0.15, -0.1) is 11.3 Å². The van der Waals surface area contributed by atoms with Crippen molar-refractivity contribution in [2.45, 2.75) is 46.1 Å². The molecular formula is C18H23N3O3S. The highest BCUT2D eigenvalue weighted by atomic mass is 32.1. The van der Waals surface area contributed by atoms with Gasteiger partial charge in [0.25, 0.3) is 0 Å². The zero-order chi connectivity index (χ0) is 18.4. The number of aromatic nitrogens is 2. The van der Waals surface area contributed by atoms with Crippen LogP contribution in [0.15, 0.2) is 23.7 Å². The summed E-state index contributed by atoms with van der Waals surface area (Å²) in [5.41, 5.74) is 2.65. The maximum Gasteiger partial charge on any atom is 0.326 e. The summed E-state index contributed by atoms with van der Waals surface area (Å²) < 4.78 is 0. The van der Waals surface area contributed by atoms with Crippen LogP contribution < -0.4 is 5.32 Å². The molecule has 25 heavy (non-hydrogen) atoms. The molecule has 1 unspecified atom stereocenters. The molecule has 0 aromatic carbocycles. The summed E-state index contributed by atoms with van der Waals surface area (Å²) in [5, 5.41) is 14.4. The molecule has 1 amide bonds. The summed E-state index contributed by atoms with van der Waals surface area (Å²) in [6.07, 6.45) is 3.79. The molecule has 2 aromatic rings. The number of hydrogen-bond donors (Lipinski definition) is 2. The maximum absolute atomic E-state index is 12.1. The lowest BCUT2D eigenvalue weighted by Crippen LogP contribution is -2.44. The number of pyridine rings is 1. The summed E-state index contributed by atoms with van der Waals surface area (Å²) >= 11 is 1.47. The number of aliphatic carboxylic acids is 1. The number of hydrogen-bond acceptors (Lipinski definition) is 5. The van der Waals surface area contributed by atoms with Gasteiger partial charge in [0.15, 0.2) is 0 Å². The van der Waals surface area contributed by atoms with Crippen molar-refractivity contribution < 1.29 is 14.7 Å². The second-order valence-corrected chi connectivity index (χ2v) is 7.09. The second-order valence-electron chi connectivity index (χ2n) is 6.23. The Morgan fingerprint density at radius 1 is 1.32 bits per heavy atom. The van der Waals surface area contributed by atoms with E-state index >= 15 is 0 Å². The molecule has 2 heterocycles. The highest BCUT2D eigenvalue weighted by Gasteiger charge is 2.23. The second kappa shape index (κ2) is 8.71. The molecule has 0 spiro atoms. The summed E-state index contributed by atoms with van der Waals surface area (Å²) in [6, 6.07) is 3.04. The molecule has 0 aliphatic carbocycles. The molecule has 0 saturated carbocycles. The van der Waals surface area contributed by atoms with E-state index in [-0.39, 0.29) is 18.2 Å². The third-order valence-corrected chi connectivity index (χ3v) is 4.65. The van der Waals surface area contributed by atoms with Gasteiger partial charge >= 0.3 is 5.97 Å². The fourth-order valence-electron chi connectivity index (χ4n) is 2.43. The van der Waals surface area contributed by atoms with Crippen molar-refractivity contribution in [2.75, 3.05) is 0 Å². The van der Waals surface area contributed by atoms with Crippen LogP contribution in [0.1, 0.15) is 38.6 Å². The Morgan fingerprint density at radius 2 is 2.08 bits per heavy atom. The maximum atomic E-state index is 12.1. The molecule has 0 saturated heterocycles. The minimum Gasteiger partial charge on any atom is -0.480 e. The van der Waals surface area contributed by atoms with E-state index in [1.165, 1.54) is 11.3 Å². The van der Waals surface area contributed by atoms with Crippen LogP contribution in [-0.2, 0) is 22.4 Å². The molecule has 2 N–H and O–H groups in total. The van der Waals surface area contributed by atoms with E-state index in [1.807, 2.05) is 17.5 Å². The van der Waals surface area contributed by atoms with Crippen LogP contribution >= 0.6 is 11.3 Å². The van der Waals surface area contributed by atoms with Crippen LogP contribution in [0.5, 0.6) is 0 Å². The van der Waals surface area contributed by atoms with Gasteiger partial charge in [-0.2, -0.15) is 0 Å². The lowest BCUT2D eigenvalue weighted by Gasteiger charge is -2.17. The molecule has 0 aliphatic heterocycles. The van der Waals surface area contributed by atoms with E-state index in [4.69, 9.17) is 5.11 Å². The van der Waals surface area contributed by atoms with Crippen molar-refractivity contribution in [1.29, 1.82) is 0 Å². The number of carbonyl (C=O) groups excluding carboxylic acids is 1. The highest BCUT2D eigenvalue weighted by Crippen LogP contribution is 2.24. The van der Waals surface area contributed by atoms with Crippen LogP contribution in [-0.4, -0.2) is 33.0 Å². The highest BCUT2D eigenvalue weighted by molar-refractivity contribution is 7.13. The van der Waals surface area contributed by atoms with Gasteiger partial charge in [0.1, 0.15) is 11.0 Å². The van der Waals surface area contributed by atoms with Gasteiger partial charge < -0.3 is 10.4 Å². The molecule has 0 aliphatic rings. The number of nitrogens with zero attached hydrogens (tertiary/aromatic N) is 2. The first-order valence-corrected chi connectivity index (χ1v) is 9.20. The molecule has 0 radical (unpaired) electrons. The van der Waals surface area contributed by atoms with Gasteiger partial charge in [-0.1, -0.05) is 27.2 Å². The number of nitrogens with one attached hydrogen (secondary N) is 1. The number of aryl methyl sites for hydroxylation is 1. The first-order valence-electron chi connectivity index (χ1n) is 8.32. The summed E-state index contributed by atoms with van der Waals surface area (Å²) in [6.45, 7) is 5.63. The fourth-order valence-corrected chi connectivity index (χ4v) is 3.24. The topological polar surface area (TPSA) is 92.2 Å². The monoisotopic (exact) mass is 361 g/mol. The molecule has 6 nitrogen and oxygen atoms in total.